The first-order valence-corrected chi connectivity index (χ1v) is 8.56. The van der Waals surface area contributed by atoms with Gasteiger partial charge in [-0.25, -0.2) is 14.4 Å². The number of anilines is 1. The third kappa shape index (κ3) is 3.24. The van der Waals surface area contributed by atoms with Gasteiger partial charge >= 0.3 is 0 Å². The molecular weight excluding hydrogens is 305 g/mol. The number of rotatable bonds is 3. The van der Waals surface area contributed by atoms with Crippen LogP contribution >= 0.6 is 0 Å². The van der Waals surface area contributed by atoms with Crippen molar-refractivity contribution in [2.24, 2.45) is 5.41 Å². The molecule has 6 heteroatoms. The topological polar surface area (TPSA) is 45.2 Å². The van der Waals surface area contributed by atoms with Gasteiger partial charge in [-0.05, 0) is 43.5 Å². The Morgan fingerprint density at radius 1 is 1.04 bits per heavy atom. The maximum absolute atomic E-state index is 13.1. The molecule has 126 valence electrons. The van der Waals surface area contributed by atoms with Gasteiger partial charge in [0.2, 0.25) is 5.95 Å². The Hall–Kier alpha value is -2.08. The second-order valence-electron chi connectivity index (χ2n) is 7.04. The van der Waals surface area contributed by atoms with E-state index in [0.717, 1.165) is 39.1 Å². The van der Waals surface area contributed by atoms with Gasteiger partial charge < -0.3 is 4.90 Å². The summed E-state index contributed by atoms with van der Waals surface area (Å²) < 4.78 is 13.1. The number of aromatic nitrogens is 3. The fourth-order valence-electron chi connectivity index (χ4n) is 4.09. The van der Waals surface area contributed by atoms with E-state index in [9.17, 15) is 4.39 Å². The van der Waals surface area contributed by atoms with E-state index in [2.05, 4.69) is 36.9 Å². The zero-order valence-corrected chi connectivity index (χ0v) is 13.7. The molecule has 2 aromatic heterocycles. The van der Waals surface area contributed by atoms with Crippen LogP contribution in [0, 0.1) is 11.2 Å². The molecule has 0 N–H and O–H groups in total. The summed E-state index contributed by atoms with van der Waals surface area (Å²) >= 11 is 0. The minimum absolute atomic E-state index is 0.309. The zero-order chi connectivity index (χ0) is 16.4. The molecule has 4 heterocycles. The summed E-state index contributed by atoms with van der Waals surface area (Å²) in [5.74, 6) is 0.276. The highest BCUT2D eigenvalue weighted by molar-refractivity contribution is 5.30. The number of piperidine rings is 1. The molecule has 0 amide bonds. The molecule has 0 unspecified atom stereocenters. The summed E-state index contributed by atoms with van der Waals surface area (Å²) in [6, 6.07) is 4.18. The number of nitrogens with zero attached hydrogens (tertiary/aromatic N) is 5. The predicted octanol–water partition coefficient (Wildman–Crippen LogP) is 2.50. The average Bonchev–Trinajstić information content (AvgIpc) is 2.98. The molecule has 0 aliphatic carbocycles. The number of halogens is 1. The van der Waals surface area contributed by atoms with E-state index in [4.69, 9.17) is 0 Å². The second-order valence-corrected chi connectivity index (χ2v) is 7.04. The number of hydrogen-bond donors (Lipinski definition) is 0. The Labute approximate surface area is 141 Å². The lowest BCUT2D eigenvalue weighted by Crippen LogP contribution is -2.45. The first-order chi connectivity index (χ1) is 11.7. The molecule has 24 heavy (non-hydrogen) atoms. The van der Waals surface area contributed by atoms with Crippen molar-refractivity contribution in [2.45, 2.75) is 25.8 Å². The van der Waals surface area contributed by atoms with Gasteiger partial charge in [0.1, 0.15) is 0 Å². The zero-order valence-electron chi connectivity index (χ0n) is 13.7. The fraction of sp³-hybridized carbons (Fsp3) is 0.500. The van der Waals surface area contributed by atoms with E-state index in [1.165, 1.54) is 30.8 Å². The van der Waals surface area contributed by atoms with Crippen LogP contribution in [0.1, 0.15) is 24.8 Å². The summed E-state index contributed by atoms with van der Waals surface area (Å²) in [4.78, 5) is 17.2. The van der Waals surface area contributed by atoms with Gasteiger partial charge in [-0.3, -0.25) is 9.88 Å². The summed E-state index contributed by atoms with van der Waals surface area (Å²) in [5.41, 5.74) is 1.62. The third-order valence-corrected chi connectivity index (χ3v) is 5.22. The van der Waals surface area contributed by atoms with Crippen LogP contribution in [0.5, 0.6) is 0 Å². The van der Waals surface area contributed by atoms with Crippen molar-refractivity contribution in [1.82, 2.24) is 19.9 Å². The smallest absolute Gasteiger partial charge is 0.225 e. The number of hydrogen-bond acceptors (Lipinski definition) is 5. The van der Waals surface area contributed by atoms with Gasteiger partial charge in [0.15, 0.2) is 5.82 Å². The lowest BCUT2D eigenvalue weighted by atomic mass is 9.79. The van der Waals surface area contributed by atoms with Gasteiger partial charge in [0.05, 0.1) is 12.4 Å². The van der Waals surface area contributed by atoms with Gasteiger partial charge in [0, 0.05) is 44.0 Å². The van der Waals surface area contributed by atoms with Crippen LogP contribution in [0.4, 0.5) is 10.3 Å². The maximum atomic E-state index is 13.1. The highest BCUT2D eigenvalue weighted by Gasteiger charge is 2.41. The fourth-order valence-corrected chi connectivity index (χ4v) is 4.09. The van der Waals surface area contributed by atoms with Crippen LogP contribution in [0.15, 0.2) is 36.9 Å². The first kappa shape index (κ1) is 15.4. The Kier molecular flexibility index (Phi) is 4.14. The van der Waals surface area contributed by atoms with Gasteiger partial charge in [-0.2, -0.15) is 0 Å². The monoisotopic (exact) mass is 327 g/mol. The molecule has 0 bridgehead atoms. The average molecular weight is 327 g/mol. The van der Waals surface area contributed by atoms with E-state index in [-0.39, 0.29) is 5.82 Å². The number of pyridine rings is 1. The highest BCUT2D eigenvalue weighted by atomic mass is 19.1. The maximum Gasteiger partial charge on any atom is 0.225 e. The quantitative estimate of drug-likeness (QED) is 0.867. The minimum atomic E-state index is -0.380. The SMILES string of the molecule is Fc1cnc(N2CCC[C@@]3(CCN(Cc4ccncc4)C3)C2)nc1. The third-order valence-electron chi connectivity index (χ3n) is 5.22. The Bertz CT molecular complexity index is 678. The molecule has 2 aliphatic heterocycles. The highest BCUT2D eigenvalue weighted by Crippen LogP contribution is 2.40. The predicted molar refractivity (Wildman–Crippen MR) is 90.0 cm³/mol. The molecule has 4 rings (SSSR count). The molecule has 5 nitrogen and oxygen atoms in total. The van der Waals surface area contributed by atoms with Crippen LogP contribution in [0.25, 0.3) is 0 Å². The number of likely N-dealkylation sites (tertiary alicyclic amines) is 1. The van der Waals surface area contributed by atoms with Crippen LogP contribution in [0.2, 0.25) is 0 Å². The van der Waals surface area contributed by atoms with Crippen LogP contribution < -0.4 is 4.90 Å². The lowest BCUT2D eigenvalue weighted by Gasteiger charge is -2.40. The summed E-state index contributed by atoms with van der Waals surface area (Å²) in [7, 11) is 0. The van der Waals surface area contributed by atoms with Gasteiger partial charge in [-0.1, -0.05) is 0 Å². The largest absolute Gasteiger partial charge is 0.340 e. The molecule has 1 spiro atoms. The van der Waals surface area contributed by atoms with Crippen molar-refractivity contribution in [3.63, 3.8) is 0 Å². The van der Waals surface area contributed by atoms with E-state index in [1.54, 1.807) is 0 Å². The van der Waals surface area contributed by atoms with Crippen molar-refractivity contribution in [3.8, 4) is 0 Å². The van der Waals surface area contributed by atoms with Crippen molar-refractivity contribution in [3.05, 3.63) is 48.3 Å². The molecule has 0 saturated carbocycles. The van der Waals surface area contributed by atoms with E-state index in [1.807, 2.05) is 12.4 Å². The van der Waals surface area contributed by atoms with Crippen LogP contribution in [-0.2, 0) is 6.54 Å². The van der Waals surface area contributed by atoms with E-state index < -0.39 is 0 Å². The molecular formula is C18H22FN5. The first-order valence-electron chi connectivity index (χ1n) is 8.56. The molecule has 2 fully saturated rings. The van der Waals surface area contributed by atoms with Crippen molar-refractivity contribution >= 4 is 5.95 Å². The molecule has 2 saturated heterocycles. The Morgan fingerprint density at radius 2 is 1.83 bits per heavy atom. The van der Waals surface area contributed by atoms with Crippen molar-refractivity contribution in [2.75, 3.05) is 31.1 Å². The van der Waals surface area contributed by atoms with Crippen LogP contribution in [-0.4, -0.2) is 46.0 Å². The standard InChI is InChI=1S/C18H22FN5/c19-16-10-21-17(22-11-16)24-8-1-4-18(14-24)5-9-23(13-18)12-15-2-6-20-7-3-15/h2-3,6-7,10-11H,1,4-5,8-9,12-14H2/t18-/m0/s1. The minimum Gasteiger partial charge on any atom is -0.340 e. The molecule has 2 aromatic rings. The summed E-state index contributed by atoms with van der Waals surface area (Å²) in [5, 5.41) is 0. The molecule has 0 aromatic carbocycles. The normalized spacial score (nSPS) is 24.6. The lowest BCUT2D eigenvalue weighted by molar-refractivity contribution is 0.215. The molecule has 0 radical (unpaired) electrons. The van der Waals surface area contributed by atoms with Gasteiger partial charge in [-0.15, -0.1) is 0 Å². The van der Waals surface area contributed by atoms with Crippen molar-refractivity contribution < 1.29 is 4.39 Å². The molecule has 1 atom stereocenters. The summed E-state index contributed by atoms with van der Waals surface area (Å²) in [6.45, 7) is 5.13. The second kappa shape index (κ2) is 6.43. The van der Waals surface area contributed by atoms with E-state index in [0.29, 0.717) is 11.4 Å². The van der Waals surface area contributed by atoms with Crippen molar-refractivity contribution in [1.29, 1.82) is 0 Å². The Balaban J connectivity index is 1.43. The van der Waals surface area contributed by atoms with E-state index >= 15 is 0 Å². The molecule has 2 aliphatic rings. The van der Waals surface area contributed by atoms with Crippen LogP contribution in [0.3, 0.4) is 0 Å². The Morgan fingerprint density at radius 3 is 2.62 bits per heavy atom. The summed E-state index contributed by atoms with van der Waals surface area (Å²) in [6.07, 6.45) is 9.82. The van der Waals surface area contributed by atoms with Gasteiger partial charge in [0.25, 0.3) is 0 Å².